The zero-order valence-electron chi connectivity index (χ0n) is 12.2. The summed E-state index contributed by atoms with van der Waals surface area (Å²) in [6.45, 7) is 7.92. The molecule has 2 nitrogen and oxygen atoms in total. The molecule has 0 saturated carbocycles. The van der Waals surface area contributed by atoms with Gasteiger partial charge in [0.2, 0.25) is 0 Å². The fraction of sp³-hybridized carbons (Fsp3) is 0.625. The Morgan fingerprint density at radius 1 is 1.42 bits per heavy atom. The predicted octanol–water partition coefficient (Wildman–Crippen LogP) is 3.96. The van der Waals surface area contributed by atoms with Crippen LogP contribution < -0.4 is 10.6 Å². The van der Waals surface area contributed by atoms with Crippen molar-refractivity contribution in [1.29, 1.82) is 0 Å². The van der Waals surface area contributed by atoms with E-state index in [2.05, 4.69) is 59.8 Å². The Morgan fingerprint density at radius 2 is 2.16 bits per heavy atom. The molecule has 1 heterocycles. The van der Waals surface area contributed by atoms with E-state index in [4.69, 9.17) is 5.73 Å². The third kappa shape index (κ3) is 3.51. The highest BCUT2D eigenvalue weighted by Crippen LogP contribution is 2.31. The lowest BCUT2D eigenvalue weighted by atomic mass is 9.91. The summed E-state index contributed by atoms with van der Waals surface area (Å²) in [5.41, 5.74) is 8.52. The molecule has 1 aromatic rings. The van der Waals surface area contributed by atoms with E-state index < -0.39 is 0 Å². The number of hydrogen-bond donors (Lipinski definition) is 1. The molecule has 0 radical (unpaired) electrons. The minimum Gasteiger partial charge on any atom is -0.369 e. The van der Waals surface area contributed by atoms with Gasteiger partial charge in [0.1, 0.15) is 0 Å². The first-order valence-electron chi connectivity index (χ1n) is 7.29. The lowest BCUT2D eigenvalue weighted by Gasteiger charge is -2.39. The normalized spacial score (nSPS) is 25.4. The molecular weight excluding hydrogens is 300 g/mol. The Hall–Kier alpha value is -0.540. The molecule has 1 aliphatic rings. The van der Waals surface area contributed by atoms with E-state index in [-0.39, 0.29) is 6.04 Å². The van der Waals surface area contributed by atoms with Gasteiger partial charge in [-0.3, -0.25) is 0 Å². The second-order valence-electron chi connectivity index (χ2n) is 6.01. The minimum absolute atomic E-state index is 0.205. The SMILES string of the molecule is CC(N)Cc1ccc(N2CCCC(C)C2C)cc1Br. The van der Waals surface area contributed by atoms with Gasteiger partial charge in [-0.2, -0.15) is 0 Å². The molecule has 0 aliphatic carbocycles. The first-order valence-corrected chi connectivity index (χ1v) is 8.09. The van der Waals surface area contributed by atoms with Crippen LogP contribution >= 0.6 is 15.9 Å². The van der Waals surface area contributed by atoms with Crippen molar-refractivity contribution in [3.05, 3.63) is 28.2 Å². The van der Waals surface area contributed by atoms with Crippen LogP contribution in [0.15, 0.2) is 22.7 Å². The van der Waals surface area contributed by atoms with Crippen molar-refractivity contribution in [2.75, 3.05) is 11.4 Å². The molecule has 0 spiro atoms. The van der Waals surface area contributed by atoms with E-state index in [9.17, 15) is 0 Å². The average Bonchev–Trinajstić information content (AvgIpc) is 2.35. The number of halogens is 1. The largest absolute Gasteiger partial charge is 0.369 e. The Bertz CT molecular complexity index is 431. The van der Waals surface area contributed by atoms with Gasteiger partial charge < -0.3 is 10.6 Å². The van der Waals surface area contributed by atoms with Gasteiger partial charge >= 0.3 is 0 Å². The van der Waals surface area contributed by atoms with Gasteiger partial charge in [0.05, 0.1) is 0 Å². The van der Waals surface area contributed by atoms with Crippen molar-refractivity contribution in [3.63, 3.8) is 0 Å². The molecule has 1 saturated heterocycles. The molecular formula is C16H25BrN2. The molecule has 3 unspecified atom stereocenters. The van der Waals surface area contributed by atoms with Crippen LogP contribution in [0.1, 0.15) is 39.2 Å². The van der Waals surface area contributed by atoms with E-state index in [1.54, 1.807) is 0 Å². The molecule has 2 rings (SSSR count). The van der Waals surface area contributed by atoms with Crippen LogP contribution in [0.4, 0.5) is 5.69 Å². The van der Waals surface area contributed by atoms with Crippen LogP contribution in [0.2, 0.25) is 0 Å². The number of hydrogen-bond acceptors (Lipinski definition) is 2. The quantitative estimate of drug-likeness (QED) is 0.911. The second kappa shape index (κ2) is 6.27. The summed E-state index contributed by atoms with van der Waals surface area (Å²) in [6, 6.07) is 7.55. The van der Waals surface area contributed by atoms with Gasteiger partial charge in [-0.1, -0.05) is 28.9 Å². The molecule has 19 heavy (non-hydrogen) atoms. The van der Waals surface area contributed by atoms with Crippen molar-refractivity contribution in [1.82, 2.24) is 0 Å². The zero-order chi connectivity index (χ0) is 14.0. The van der Waals surface area contributed by atoms with E-state index in [1.165, 1.54) is 35.1 Å². The standard InChI is InChI=1S/C16H25BrN2/c1-11-5-4-8-19(13(11)3)15-7-6-14(9-12(2)18)16(17)10-15/h6-7,10-13H,4-5,8-9,18H2,1-3H3. The van der Waals surface area contributed by atoms with Crippen LogP contribution in [0.3, 0.4) is 0 Å². The molecule has 1 aliphatic heterocycles. The summed E-state index contributed by atoms with van der Waals surface area (Å²) in [4.78, 5) is 2.54. The van der Waals surface area contributed by atoms with Gasteiger partial charge in [-0.05, 0) is 56.7 Å². The van der Waals surface area contributed by atoms with Crippen molar-refractivity contribution < 1.29 is 0 Å². The number of nitrogens with zero attached hydrogens (tertiary/aromatic N) is 1. The van der Waals surface area contributed by atoms with E-state index >= 15 is 0 Å². The Labute approximate surface area is 125 Å². The maximum atomic E-state index is 5.88. The summed E-state index contributed by atoms with van der Waals surface area (Å²) >= 11 is 3.70. The van der Waals surface area contributed by atoms with Crippen LogP contribution in [0, 0.1) is 5.92 Å². The summed E-state index contributed by atoms with van der Waals surface area (Å²) in [6.07, 6.45) is 3.57. The Kier molecular flexibility index (Phi) is 4.91. The van der Waals surface area contributed by atoms with E-state index in [0.717, 1.165) is 12.3 Å². The van der Waals surface area contributed by atoms with E-state index in [1.807, 2.05) is 0 Å². The highest BCUT2D eigenvalue weighted by atomic mass is 79.9. The van der Waals surface area contributed by atoms with Crippen LogP contribution in [-0.4, -0.2) is 18.6 Å². The molecule has 0 bridgehead atoms. The smallest absolute Gasteiger partial charge is 0.0380 e. The summed E-state index contributed by atoms with van der Waals surface area (Å²) in [7, 11) is 0. The first-order chi connectivity index (χ1) is 8.99. The lowest BCUT2D eigenvalue weighted by molar-refractivity contribution is 0.363. The fourth-order valence-corrected chi connectivity index (χ4v) is 3.46. The van der Waals surface area contributed by atoms with Crippen molar-refractivity contribution in [2.24, 2.45) is 11.7 Å². The van der Waals surface area contributed by atoms with Gasteiger partial charge in [-0.25, -0.2) is 0 Å². The molecule has 3 heteroatoms. The highest BCUT2D eigenvalue weighted by Gasteiger charge is 2.25. The second-order valence-corrected chi connectivity index (χ2v) is 6.86. The van der Waals surface area contributed by atoms with Crippen molar-refractivity contribution >= 4 is 21.6 Å². The minimum atomic E-state index is 0.205. The monoisotopic (exact) mass is 324 g/mol. The van der Waals surface area contributed by atoms with Gasteiger partial charge in [0.25, 0.3) is 0 Å². The average molecular weight is 325 g/mol. The van der Waals surface area contributed by atoms with Gasteiger partial charge in [0, 0.05) is 28.8 Å². The summed E-state index contributed by atoms with van der Waals surface area (Å²) in [5.74, 6) is 0.774. The molecule has 2 N–H and O–H groups in total. The molecule has 0 amide bonds. The summed E-state index contributed by atoms with van der Waals surface area (Å²) < 4.78 is 1.19. The molecule has 1 aromatic carbocycles. The maximum Gasteiger partial charge on any atom is 0.0380 e. The molecule has 0 aromatic heterocycles. The predicted molar refractivity (Wildman–Crippen MR) is 86.7 cm³/mol. The third-order valence-corrected chi connectivity index (χ3v) is 5.02. The number of anilines is 1. The first kappa shape index (κ1) is 14.9. The van der Waals surface area contributed by atoms with Gasteiger partial charge in [0.15, 0.2) is 0 Å². The number of rotatable bonds is 3. The number of piperidine rings is 1. The van der Waals surface area contributed by atoms with Crippen LogP contribution in [0.25, 0.3) is 0 Å². The van der Waals surface area contributed by atoms with Crippen molar-refractivity contribution in [3.8, 4) is 0 Å². The Morgan fingerprint density at radius 3 is 2.79 bits per heavy atom. The van der Waals surface area contributed by atoms with E-state index in [0.29, 0.717) is 6.04 Å². The number of nitrogens with two attached hydrogens (primary N) is 1. The zero-order valence-corrected chi connectivity index (χ0v) is 13.8. The third-order valence-electron chi connectivity index (χ3n) is 4.28. The highest BCUT2D eigenvalue weighted by molar-refractivity contribution is 9.10. The molecule has 1 fully saturated rings. The molecule has 106 valence electrons. The Balaban J connectivity index is 2.19. The fourth-order valence-electron chi connectivity index (χ4n) is 2.93. The maximum absolute atomic E-state index is 5.88. The van der Waals surface area contributed by atoms with Crippen molar-refractivity contribution in [2.45, 2.75) is 52.1 Å². The van der Waals surface area contributed by atoms with Gasteiger partial charge in [-0.15, -0.1) is 0 Å². The van der Waals surface area contributed by atoms with Crippen LogP contribution in [-0.2, 0) is 6.42 Å². The topological polar surface area (TPSA) is 29.3 Å². The van der Waals surface area contributed by atoms with Crippen LogP contribution in [0.5, 0.6) is 0 Å². The lowest BCUT2D eigenvalue weighted by Crippen LogP contribution is -2.42. The number of benzene rings is 1. The molecule has 3 atom stereocenters. The summed E-state index contributed by atoms with van der Waals surface area (Å²) in [5, 5.41) is 0.